The Labute approximate surface area is 131 Å². The summed E-state index contributed by atoms with van der Waals surface area (Å²) in [6.45, 7) is 3.80. The highest BCUT2D eigenvalue weighted by atomic mass is 16.2. The molecule has 1 fully saturated rings. The van der Waals surface area contributed by atoms with Crippen LogP contribution in [0.5, 0.6) is 0 Å². The maximum Gasteiger partial charge on any atom is 0.255 e. The van der Waals surface area contributed by atoms with Crippen molar-refractivity contribution in [2.75, 3.05) is 20.1 Å². The Hall–Kier alpha value is -2.13. The fourth-order valence-electron chi connectivity index (χ4n) is 3.92. The van der Waals surface area contributed by atoms with Gasteiger partial charge in [0.25, 0.3) is 5.91 Å². The quantitative estimate of drug-likeness (QED) is 0.807. The van der Waals surface area contributed by atoms with Crippen molar-refractivity contribution < 1.29 is 4.79 Å². The lowest BCUT2D eigenvalue weighted by molar-refractivity contribution is 0.0155. The second kappa shape index (κ2) is 4.68. The molecular formula is C19H20N2O. The Morgan fingerprint density at radius 2 is 1.73 bits per heavy atom. The smallest absolute Gasteiger partial charge is 0.255 e. The van der Waals surface area contributed by atoms with E-state index in [1.807, 2.05) is 18.2 Å². The van der Waals surface area contributed by atoms with Gasteiger partial charge in [0.15, 0.2) is 0 Å². The van der Waals surface area contributed by atoms with Crippen LogP contribution in [0.4, 0.5) is 0 Å². The Morgan fingerprint density at radius 3 is 2.50 bits per heavy atom. The third-order valence-electron chi connectivity index (χ3n) is 5.18. The predicted molar refractivity (Wildman–Crippen MR) is 86.7 cm³/mol. The molecule has 0 aromatic heterocycles. The van der Waals surface area contributed by atoms with Crippen molar-refractivity contribution in [3.05, 3.63) is 70.8 Å². The molecule has 1 saturated heterocycles. The van der Waals surface area contributed by atoms with Crippen LogP contribution in [0.15, 0.2) is 48.5 Å². The number of nitrogens with zero attached hydrogens (tertiary/aromatic N) is 2. The molecule has 4 rings (SSSR count). The van der Waals surface area contributed by atoms with Gasteiger partial charge >= 0.3 is 0 Å². The number of carbonyl (C=O) groups excluding carboxylic acids is 1. The van der Waals surface area contributed by atoms with Crippen molar-refractivity contribution in [2.45, 2.75) is 19.0 Å². The number of fused-ring (bicyclic) bond motifs is 2. The molecule has 0 saturated carbocycles. The van der Waals surface area contributed by atoms with Crippen LogP contribution < -0.4 is 0 Å². The maximum absolute atomic E-state index is 13.0. The fourth-order valence-corrected chi connectivity index (χ4v) is 3.92. The first kappa shape index (κ1) is 13.5. The van der Waals surface area contributed by atoms with Crippen LogP contribution in [0.25, 0.3) is 0 Å². The molecule has 112 valence electrons. The first-order valence-corrected chi connectivity index (χ1v) is 7.81. The van der Waals surface area contributed by atoms with Crippen LogP contribution in [0.2, 0.25) is 0 Å². The SMILES string of the molecule is Cc1ccc(C23Cc4ccccc4C(=O)N2CCN3C)cc1. The van der Waals surface area contributed by atoms with E-state index in [1.165, 1.54) is 11.1 Å². The van der Waals surface area contributed by atoms with Gasteiger partial charge in [0, 0.05) is 25.1 Å². The van der Waals surface area contributed by atoms with Crippen molar-refractivity contribution >= 4 is 5.91 Å². The highest BCUT2D eigenvalue weighted by Crippen LogP contribution is 2.43. The summed E-state index contributed by atoms with van der Waals surface area (Å²) in [6, 6.07) is 16.6. The van der Waals surface area contributed by atoms with Crippen LogP contribution in [-0.2, 0) is 12.1 Å². The van der Waals surface area contributed by atoms with Gasteiger partial charge in [0.2, 0.25) is 0 Å². The Kier molecular flexibility index (Phi) is 2.88. The number of carbonyl (C=O) groups is 1. The van der Waals surface area contributed by atoms with Crippen LogP contribution in [0.1, 0.15) is 27.0 Å². The molecule has 0 N–H and O–H groups in total. The minimum Gasteiger partial charge on any atom is -0.314 e. The van der Waals surface area contributed by atoms with Crippen molar-refractivity contribution in [3.63, 3.8) is 0 Å². The lowest BCUT2D eigenvalue weighted by Gasteiger charge is -2.46. The molecule has 1 amide bonds. The molecule has 2 aliphatic rings. The van der Waals surface area contributed by atoms with Gasteiger partial charge in [-0.2, -0.15) is 0 Å². The van der Waals surface area contributed by atoms with Gasteiger partial charge in [-0.15, -0.1) is 0 Å². The van der Waals surface area contributed by atoms with E-state index in [1.54, 1.807) is 0 Å². The average molecular weight is 292 g/mol. The van der Waals surface area contributed by atoms with Crippen LogP contribution >= 0.6 is 0 Å². The normalized spacial score (nSPS) is 24.3. The summed E-state index contributed by atoms with van der Waals surface area (Å²) in [5.74, 6) is 0.159. The van der Waals surface area contributed by atoms with E-state index < -0.39 is 0 Å². The number of amides is 1. The van der Waals surface area contributed by atoms with Crippen LogP contribution in [0, 0.1) is 6.92 Å². The number of rotatable bonds is 1. The number of benzene rings is 2. The molecule has 0 aliphatic carbocycles. The Morgan fingerprint density at radius 1 is 1.00 bits per heavy atom. The zero-order valence-electron chi connectivity index (χ0n) is 13.0. The van der Waals surface area contributed by atoms with Crippen molar-refractivity contribution in [1.29, 1.82) is 0 Å². The topological polar surface area (TPSA) is 23.6 Å². The second-order valence-electron chi connectivity index (χ2n) is 6.39. The standard InChI is InChI=1S/C19H20N2O/c1-14-7-9-16(10-8-14)19-13-15-5-3-4-6-17(15)18(22)21(19)12-11-20(19)2/h3-10H,11-13H2,1-2H3. The zero-order chi connectivity index (χ0) is 15.3. The second-order valence-corrected chi connectivity index (χ2v) is 6.39. The first-order chi connectivity index (χ1) is 10.6. The van der Waals surface area contributed by atoms with Crippen molar-refractivity contribution in [1.82, 2.24) is 9.80 Å². The summed E-state index contributed by atoms with van der Waals surface area (Å²) < 4.78 is 0. The van der Waals surface area contributed by atoms with E-state index in [0.717, 1.165) is 30.6 Å². The third kappa shape index (κ3) is 1.69. The monoisotopic (exact) mass is 292 g/mol. The van der Waals surface area contributed by atoms with Gasteiger partial charge in [-0.25, -0.2) is 0 Å². The van der Waals surface area contributed by atoms with Gasteiger partial charge < -0.3 is 4.90 Å². The molecule has 2 aromatic carbocycles. The molecular weight excluding hydrogens is 272 g/mol. The van der Waals surface area contributed by atoms with Gasteiger partial charge in [-0.05, 0) is 31.2 Å². The van der Waals surface area contributed by atoms with E-state index in [2.05, 4.69) is 54.1 Å². The van der Waals surface area contributed by atoms with E-state index in [-0.39, 0.29) is 11.6 Å². The molecule has 1 unspecified atom stereocenters. The van der Waals surface area contributed by atoms with Gasteiger partial charge in [-0.1, -0.05) is 48.0 Å². The highest BCUT2D eigenvalue weighted by Gasteiger charge is 2.52. The predicted octanol–water partition coefficient (Wildman–Crippen LogP) is 2.79. The van der Waals surface area contributed by atoms with E-state index in [4.69, 9.17) is 0 Å². The highest BCUT2D eigenvalue weighted by molar-refractivity contribution is 5.97. The molecule has 0 spiro atoms. The molecule has 0 bridgehead atoms. The molecule has 2 aromatic rings. The van der Waals surface area contributed by atoms with E-state index >= 15 is 0 Å². The first-order valence-electron chi connectivity index (χ1n) is 7.81. The van der Waals surface area contributed by atoms with Crippen LogP contribution in [0.3, 0.4) is 0 Å². The summed E-state index contributed by atoms with van der Waals surface area (Å²) in [5.41, 5.74) is 4.13. The lowest BCUT2D eigenvalue weighted by atomic mass is 9.84. The average Bonchev–Trinajstić information content (AvgIpc) is 2.87. The number of aryl methyl sites for hydroxylation is 1. The molecule has 3 nitrogen and oxygen atoms in total. The molecule has 3 heteroatoms. The minimum absolute atomic E-state index is 0.159. The number of likely N-dealkylation sites (N-methyl/N-ethyl adjacent to an activating group) is 1. The summed E-state index contributed by atoms with van der Waals surface area (Å²) in [4.78, 5) is 17.4. The van der Waals surface area contributed by atoms with Crippen molar-refractivity contribution in [3.8, 4) is 0 Å². The molecule has 0 radical (unpaired) electrons. The Bertz CT molecular complexity index is 737. The molecule has 2 aliphatic heterocycles. The van der Waals surface area contributed by atoms with Crippen LogP contribution in [-0.4, -0.2) is 35.8 Å². The van der Waals surface area contributed by atoms with Gasteiger partial charge in [0.05, 0.1) is 0 Å². The summed E-state index contributed by atoms with van der Waals surface area (Å²) in [7, 11) is 2.13. The van der Waals surface area contributed by atoms with Crippen molar-refractivity contribution in [2.24, 2.45) is 0 Å². The minimum atomic E-state index is -0.334. The summed E-state index contributed by atoms with van der Waals surface area (Å²) >= 11 is 0. The molecule has 1 atom stereocenters. The molecule has 2 heterocycles. The number of hydrogen-bond acceptors (Lipinski definition) is 2. The maximum atomic E-state index is 13.0. The Balaban J connectivity index is 1.92. The van der Waals surface area contributed by atoms with E-state index in [0.29, 0.717) is 0 Å². The number of hydrogen-bond donors (Lipinski definition) is 0. The zero-order valence-corrected chi connectivity index (χ0v) is 13.0. The fraction of sp³-hybridized carbons (Fsp3) is 0.316. The third-order valence-corrected chi connectivity index (χ3v) is 5.18. The summed E-state index contributed by atoms with van der Waals surface area (Å²) in [6.07, 6.45) is 0.856. The molecule has 22 heavy (non-hydrogen) atoms. The van der Waals surface area contributed by atoms with E-state index in [9.17, 15) is 4.79 Å². The lowest BCUT2D eigenvalue weighted by Crippen LogP contribution is -2.56. The summed E-state index contributed by atoms with van der Waals surface area (Å²) in [5, 5.41) is 0. The van der Waals surface area contributed by atoms with Gasteiger partial charge in [-0.3, -0.25) is 9.69 Å². The van der Waals surface area contributed by atoms with Gasteiger partial charge in [0.1, 0.15) is 5.66 Å². The largest absolute Gasteiger partial charge is 0.314 e.